The summed E-state index contributed by atoms with van der Waals surface area (Å²) in [6.45, 7) is 1.66. The molecule has 1 aliphatic rings. The number of rotatable bonds is 2. The lowest BCUT2D eigenvalue weighted by Gasteiger charge is -2.22. The third-order valence-electron chi connectivity index (χ3n) is 2.66. The van der Waals surface area contributed by atoms with Crippen LogP contribution in [-0.4, -0.2) is 25.0 Å². The molecule has 85 valence electrons. The van der Waals surface area contributed by atoms with Gasteiger partial charge in [-0.3, -0.25) is 4.79 Å². The van der Waals surface area contributed by atoms with Gasteiger partial charge in [-0.1, -0.05) is 11.6 Å². The van der Waals surface area contributed by atoms with Crippen molar-refractivity contribution in [2.45, 2.75) is 18.9 Å². The molecule has 4 heteroatoms. The predicted molar refractivity (Wildman–Crippen MR) is 63.8 cm³/mol. The maximum Gasteiger partial charge on any atom is 0.251 e. The highest BCUT2D eigenvalue weighted by atomic mass is 35.5. The second-order valence-corrected chi connectivity index (χ2v) is 4.39. The highest BCUT2D eigenvalue weighted by Crippen LogP contribution is 2.10. The highest BCUT2D eigenvalue weighted by Gasteiger charge is 2.16. The zero-order chi connectivity index (χ0) is 11.4. The Balaban J connectivity index is 1.94. The third-order valence-corrected chi connectivity index (χ3v) is 2.91. The second kappa shape index (κ2) is 5.32. The number of carbonyl (C=O) groups excluding carboxylic acids is 1. The first-order valence-electron chi connectivity index (χ1n) is 5.45. The summed E-state index contributed by atoms with van der Waals surface area (Å²) >= 11 is 5.76. The number of nitrogens with zero attached hydrogens (tertiary/aromatic N) is 1. The first-order valence-corrected chi connectivity index (χ1v) is 5.83. The van der Waals surface area contributed by atoms with Crippen molar-refractivity contribution < 1.29 is 4.79 Å². The number of carbonyl (C=O) groups is 1. The van der Waals surface area contributed by atoms with Gasteiger partial charge in [0, 0.05) is 29.7 Å². The number of nitrogens with one attached hydrogen (secondary N) is 1. The van der Waals surface area contributed by atoms with E-state index < -0.39 is 0 Å². The largest absolute Gasteiger partial charge is 0.348 e. The molecule has 1 unspecified atom stereocenters. The number of amides is 1. The number of hydrogen-bond acceptors (Lipinski definition) is 1. The Morgan fingerprint density at radius 2 is 2.12 bits per heavy atom. The van der Waals surface area contributed by atoms with Gasteiger partial charge in [0.15, 0.2) is 0 Å². The van der Waals surface area contributed by atoms with Gasteiger partial charge in [-0.25, -0.2) is 5.32 Å². The fourth-order valence-electron chi connectivity index (χ4n) is 1.78. The monoisotopic (exact) mass is 237 g/mol. The Bertz CT molecular complexity index is 358. The molecule has 3 nitrogen and oxygen atoms in total. The van der Waals surface area contributed by atoms with Gasteiger partial charge in [-0.05, 0) is 37.1 Å². The summed E-state index contributed by atoms with van der Waals surface area (Å²) in [5.41, 5.74) is 0.648. The van der Waals surface area contributed by atoms with Crippen molar-refractivity contribution in [1.29, 1.82) is 0 Å². The first-order chi connectivity index (χ1) is 7.75. The molecule has 1 heterocycles. The van der Waals surface area contributed by atoms with E-state index in [-0.39, 0.29) is 11.9 Å². The van der Waals surface area contributed by atoms with E-state index in [1.807, 2.05) is 0 Å². The average Bonchev–Trinajstić information content (AvgIpc) is 2.31. The predicted octanol–water partition coefficient (Wildman–Crippen LogP) is 1.84. The molecule has 0 saturated carbocycles. The number of halogens is 1. The van der Waals surface area contributed by atoms with E-state index in [0.717, 1.165) is 25.9 Å². The van der Waals surface area contributed by atoms with Gasteiger partial charge < -0.3 is 5.32 Å². The third kappa shape index (κ3) is 2.97. The lowest BCUT2D eigenvalue weighted by atomic mass is 10.1. The Morgan fingerprint density at radius 3 is 2.75 bits per heavy atom. The summed E-state index contributed by atoms with van der Waals surface area (Å²) in [5, 5.41) is 7.91. The van der Waals surface area contributed by atoms with Gasteiger partial charge in [0.2, 0.25) is 0 Å². The fourth-order valence-corrected chi connectivity index (χ4v) is 1.90. The maximum atomic E-state index is 11.8. The van der Waals surface area contributed by atoms with Crippen molar-refractivity contribution in [2.24, 2.45) is 0 Å². The topological polar surface area (TPSA) is 43.2 Å². The molecule has 2 rings (SSSR count). The molecule has 1 saturated heterocycles. The minimum atomic E-state index is -0.0428. The van der Waals surface area contributed by atoms with Crippen molar-refractivity contribution in [2.75, 3.05) is 13.1 Å². The Kier molecular flexibility index (Phi) is 3.80. The first kappa shape index (κ1) is 11.4. The van der Waals surface area contributed by atoms with Crippen LogP contribution in [0.3, 0.4) is 0 Å². The molecule has 1 radical (unpaired) electrons. The van der Waals surface area contributed by atoms with E-state index in [4.69, 9.17) is 11.6 Å². The molecular formula is C12H14ClN2O. The summed E-state index contributed by atoms with van der Waals surface area (Å²) < 4.78 is 0. The molecule has 0 aromatic heterocycles. The van der Waals surface area contributed by atoms with Crippen LogP contribution in [0.1, 0.15) is 23.2 Å². The zero-order valence-corrected chi connectivity index (χ0v) is 9.70. The Morgan fingerprint density at radius 1 is 1.38 bits per heavy atom. The average molecular weight is 238 g/mol. The standard InChI is InChI=1S/C12H14ClN2O/c13-10-5-3-9(4-6-10)12(16)15-11-2-1-7-14-8-11/h3-6,11H,1-2,7-8H2,(H,15,16). The molecule has 0 bridgehead atoms. The van der Waals surface area contributed by atoms with Gasteiger partial charge in [0.1, 0.15) is 0 Å². The molecule has 0 aliphatic carbocycles. The van der Waals surface area contributed by atoms with Gasteiger partial charge in [-0.2, -0.15) is 0 Å². The maximum absolute atomic E-state index is 11.8. The van der Waals surface area contributed by atoms with Crippen LogP contribution in [0.5, 0.6) is 0 Å². The van der Waals surface area contributed by atoms with Crippen LogP contribution in [0.15, 0.2) is 24.3 Å². The lowest BCUT2D eigenvalue weighted by molar-refractivity contribution is 0.0930. The minimum Gasteiger partial charge on any atom is -0.348 e. The summed E-state index contributed by atoms with van der Waals surface area (Å²) in [6.07, 6.45) is 2.08. The molecule has 1 fully saturated rings. The Hall–Kier alpha value is -1.06. The summed E-state index contributed by atoms with van der Waals surface area (Å²) in [6, 6.07) is 7.11. The van der Waals surface area contributed by atoms with Crippen molar-refractivity contribution in [3.05, 3.63) is 34.9 Å². The van der Waals surface area contributed by atoms with E-state index in [9.17, 15) is 4.79 Å². The SMILES string of the molecule is O=C(NC1CCC[N]C1)c1ccc(Cl)cc1. The smallest absolute Gasteiger partial charge is 0.251 e. The van der Waals surface area contributed by atoms with E-state index in [0.29, 0.717) is 10.6 Å². The van der Waals surface area contributed by atoms with Gasteiger partial charge >= 0.3 is 0 Å². The van der Waals surface area contributed by atoms with Crippen LogP contribution in [0.4, 0.5) is 0 Å². The summed E-state index contributed by atoms with van der Waals surface area (Å²) in [4.78, 5) is 11.8. The molecule has 1 aliphatic heterocycles. The zero-order valence-electron chi connectivity index (χ0n) is 8.95. The van der Waals surface area contributed by atoms with E-state index >= 15 is 0 Å². The van der Waals surface area contributed by atoms with Crippen LogP contribution in [0, 0.1) is 0 Å². The molecule has 1 N–H and O–H groups in total. The summed E-state index contributed by atoms with van der Waals surface area (Å²) in [7, 11) is 0. The summed E-state index contributed by atoms with van der Waals surface area (Å²) in [5.74, 6) is -0.0428. The lowest BCUT2D eigenvalue weighted by Crippen LogP contribution is -2.43. The molecule has 0 spiro atoms. The molecular weight excluding hydrogens is 224 g/mol. The quantitative estimate of drug-likeness (QED) is 0.838. The van der Waals surface area contributed by atoms with Crippen LogP contribution in [0.2, 0.25) is 5.02 Å². The molecule has 1 atom stereocenters. The number of hydrogen-bond donors (Lipinski definition) is 1. The molecule has 1 aromatic carbocycles. The second-order valence-electron chi connectivity index (χ2n) is 3.95. The minimum absolute atomic E-state index is 0.0428. The van der Waals surface area contributed by atoms with E-state index in [1.165, 1.54) is 0 Å². The van der Waals surface area contributed by atoms with Gasteiger partial charge in [0.25, 0.3) is 5.91 Å². The van der Waals surface area contributed by atoms with Crippen LogP contribution < -0.4 is 10.6 Å². The van der Waals surface area contributed by atoms with E-state index in [2.05, 4.69) is 10.6 Å². The molecule has 16 heavy (non-hydrogen) atoms. The van der Waals surface area contributed by atoms with Crippen LogP contribution in [-0.2, 0) is 0 Å². The van der Waals surface area contributed by atoms with Crippen LogP contribution in [0.25, 0.3) is 0 Å². The molecule has 1 aromatic rings. The molecule has 1 amide bonds. The number of benzene rings is 1. The van der Waals surface area contributed by atoms with Crippen molar-refractivity contribution in [3.63, 3.8) is 0 Å². The van der Waals surface area contributed by atoms with Crippen molar-refractivity contribution in [3.8, 4) is 0 Å². The van der Waals surface area contributed by atoms with Gasteiger partial charge in [-0.15, -0.1) is 0 Å². The van der Waals surface area contributed by atoms with Crippen molar-refractivity contribution >= 4 is 17.5 Å². The normalized spacial score (nSPS) is 20.4. The number of piperidine rings is 1. The van der Waals surface area contributed by atoms with E-state index in [1.54, 1.807) is 24.3 Å². The van der Waals surface area contributed by atoms with Gasteiger partial charge in [0.05, 0.1) is 0 Å². The van der Waals surface area contributed by atoms with Crippen molar-refractivity contribution in [1.82, 2.24) is 10.6 Å². The Labute approximate surface area is 100 Å². The highest BCUT2D eigenvalue weighted by molar-refractivity contribution is 6.30. The fraction of sp³-hybridized carbons (Fsp3) is 0.417. The van der Waals surface area contributed by atoms with Crippen LogP contribution >= 0.6 is 11.6 Å².